The van der Waals surface area contributed by atoms with Crippen LogP contribution in [-0.2, 0) is 5.88 Å². The molecule has 2 nitrogen and oxygen atoms in total. The number of halogens is 1. The Morgan fingerprint density at radius 3 is 2.73 bits per heavy atom. The van der Waals surface area contributed by atoms with Crippen LogP contribution in [-0.4, -0.2) is 10.8 Å². The highest BCUT2D eigenvalue weighted by atomic mass is 35.5. The van der Waals surface area contributed by atoms with Crippen molar-refractivity contribution in [1.29, 1.82) is 0 Å². The van der Waals surface area contributed by atoms with Gasteiger partial charge in [0.25, 0.3) is 0 Å². The number of ketones is 1. The van der Waals surface area contributed by atoms with Crippen molar-refractivity contribution in [3.8, 4) is 0 Å². The van der Waals surface area contributed by atoms with E-state index in [-0.39, 0.29) is 5.78 Å². The molecule has 0 aliphatic heterocycles. The third-order valence-electron chi connectivity index (χ3n) is 2.29. The average molecular weight is 220 g/mol. The fourth-order valence-electron chi connectivity index (χ4n) is 1.45. The minimum atomic E-state index is 0.0509. The average Bonchev–Trinajstić information content (AvgIpc) is 2.27. The van der Waals surface area contributed by atoms with Gasteiger partial charge in [-0.2, -0.15) is 0 Å². The molecule has 0 bridgehead atoms. The van der Waals surface area contributed by atoms with Gasteiger partial charge in [-0.25, -0.2) is 0 Å². The first-order chi connectivity index (χ1) is 7.20. The van der Waals surface area contributed by atoms with E-state index < -0.39 is 0 Å². The first kappa shape index (κ1) is 10.1. The molecular formula is C12H10ClNO. The van der Waals surface area contributed by atoms with Gasteiger partial charge in [-0.1, -0.05) is 18.2 Å². The normalized spacial score (nSPS) is 10.5. The Labute approximate surface area is 92.9 Å². The molecule has 0 saturated heterocycles. The number of aromatic nitrogens is 1. The second-order valence-corrected chi connectivity index (χ2v) is 3.67. The molecule has 0 fully saturated rings. The van der Waals surface area contributed by atoms with E-state index in [1.165, 1.54) is 0 Å². The molecule has 2 aromatic rings. The van der Waals surface area contributed by atoms with Gasteiger partial charge in [-0.3, -0.25) is 9.78 Å². The lowest BCUT2D eigenvalue weighted by atomic mass is 10.1. The summed E-state index contributed by atoms with van der Waals surface area (Å²) in [5.41, 5.74) is 2.33. The Kier molecular flexibility index (Phi) is 2.69. The Balaban J connectivity index is 2.62. The maximum absolute atomic E-state index is 11.2. The third kappa shape index (κ3) is 2.00. The summed E-state index contributed by atoms with van der Waals surface area (Å²) in [5, 5.41) is 1.02. The number of fused-ring (bicyclic) bond motifs is 1. The highest BCUT2D eigenvalue weighted by molar-refractivity contribution is 6.17. The zero-order valence-corrected chi connectivity index (χ0v) is 9.08. The first-order valence-electron chi connectivity index (χ1n) is 4.67. The molecular weight excluding hydrogens is 210 g/mol. The maximum Gasteiger partial charge on any atom is 0.159 e. The summed E-state index contributed by atoms with van der Waals surface area (Å²) in [4.78, 5) is 15.5. The van der Waals surface area contributed by atoms with Crippen molar-refractivity contribution in [2.45, 2.75) is 12.8 Å². The minimum absolute atomic E-state index is 0.0509. The molecule has 1 aromatic heterocycles. The summed E-state index contributed by atoms with van der Waals surface area (Å²) in [6.45, 7) is 1.55. The number of hydrogen-bond acceptors (Lipinski definition) is 2. The van der Waals surface area contributed by atoms with E-state index in [1.807, 2.05) is 24.3 Å². The highest BCUT2D eigenvalue weighted by Crippen LogP contribution is 2.15. The van der Waals surface area contributed by atoms with Crippen LogP contribution in [0.15, 0.2) is 30.3 Å². The molecule has 2 rings (SSSR count). The summed E-state index contributed by atoms with van der Waals surface area (Å²) < 4.78 is 0. The maximum atomic E-state index is 11.2. The van der Waals surface area contributed by atoms with Crippen LogP contribution in [0.4, 0.5) is 0 Å². The Bertz CT molecular complexity index is 522. The van der Waals surface area contributed by atoms with Crippen LogP contribution in [0.2, 0.25) is 0 Å². The Morgan fingerprint density at radius 1 is 1.33 bits per heavy atom. The number of Topliss-reactive ketones (excluding diaryl/α,β-unsaturated/α-hetero) is 1. The number of pyridine rings is 1. The molecule has 1 aromatic carbocycles. The molecule has 76 valence electrons. The molecule has 0 aliphatic carbocycles. The smallest absolute Gasteiger partial charge is 0.159 e. The fourth-order valence-corrected chi connectivity index (χ4v) is 1.60. The highest BCUT2D eigenvalue weighted by Gasteiger charge is 2.02. The lowest BCUT2D eigenvalue weighted by Gasteiger charge is -2.01. The number of hydrogen-bond donors (Lipinski definition) is 0. The SMILES string of the molecule is CC(=O)c1ccc2ccc(CCl)nc2c1. The molecule has 0 spiro atoms. The largest absolute Gasteiger partial charge is 0.295 e. The number of rotatable bonds is 2. The first-order valence-corrected chi connectivity index (χ1v) is 5.21. The number of benzene rings is 1. The second kappa shape index (κ2) is 3.99. The summed E-state index contributed by atoms with van der Waals surface area (Å²) in [5.74, 6) is 0.440. The van der Waals surface area contributed by atoms with Crippen LogP contribution in [0.3, 0.4) is 0 Å². The Hall–Kier alpha value is -1.41. The van der Waals surface area contributed by atoms with Crippen LogP contribution in [0.25, 0.3) is 10.9 Å². The molecule has 0 aliphatic rings. The standard InChI is InChI=1S/C12H10ClNO/c1-8(15)10-3-2-9-4-5-11(7-13)14-12(9)6-10/h2-6H,7H2,1H3. The van der Waals surface area contributed by atoms with Gasteiger partial charge < -0.3 is 0 Å². The van der Waals surface area contributed by atoms with Gasteiger partial charge in [0.15, 0.2) is 5.78 Å². The predicted molar refractivity (Wildman–Crippen MR) is 61.3 cm³/mol. The molecule has 0 N–H and O–H groups in total. The molecule has 0 unspecified atom stereocenters. The van der Waals surface area contributed by atoms with Gasteiger partial charge in [0, 0.05) is 10.9 Å². The monoisotopic (exact) mass is 219 g/mol. The lowest BCUT2D eigenvalue weighted by molar-refractivity contribution is 0.101. The van der Waals surface area contributed by atoms with Gasteiger partial charge in [0.05, 0.1) is 17.1 Å². The molecule has 1 heterocycles. The third-order valence-corrected chi connectivity index (χ3v) is 2.57. The second-order valence-electron chi connectivity index (χ2n) is 3.40. The van der Waals surface area contributed by atoms with Gasteiger partial charge in [-0.05, 0) is 19.1 Å². The van der Waals surface area contributed by atoms with E-state index in [0.29, 0.717) is 11.4 Å². The van der Waals surface area contributed by atoms with E-state index in [0.717, 1.165) is 16.6 Å². The van der Waals surface area contributed by atoms with Gasteiger partial charge in [0.2, 0.25) is 0 Å². The summed E-state index contributed by atoms with van der Waals surface area (Å²) >= 11 is 5.70. The molecule has 0 saturated carbocycles. The molecule has 3 heteroatoms. The molecule has 0 atom stereocenters. The van der Waals surface area contributed by atoms with Crippen molar-refractivity contribution in [3.63, 3.8) is 0 Å². The quantitative estimate of drug-likeness (QED) is 0.574. The summed E-state index contributed by atoms with van der Waals surface area (Å²) in [6, 6.07) is 9.37. The van der Waals surface area contributed by atoms with Crippen molar-refractivity contribution in [3.05, 3.63) is 41.6 Å². The predicted octanol–water partition coefficient (Wildman–Crippen LogP) is 3.18. The molecule has 15 heavy (non-hydrogen) atoms. The van der Waals surface area contributed by atoms with Crippen LogP contribution in [0.1, 0.15) is 23.0 Å². The van der Waals surface area contributed by atoms with Crippen LogP contribution >= 0.6 is 11.6 Å². The van der Waals surface area contributed by atoms with Crippen molar-refractivity contribution < 1.29 is 4.79 Å². The minimum Gasteiger partial charge on any atom is -0.295 e. The zero-order valence-electron chi connectivity index (χ0n) is 8.33. The zero-order chi connectivity index (χ0) is 10.8. The molecule has 0 radical (unpaired) electrons. The van der Waals surface area contributed by atoms with E-state index in [1.54, 1.807) is 13.0 Å². The fraction of sp³-hybridized carbons (Fsp3) is 0.167. The van der Waals surface area contributed by atoms with Crippen LogP contribution < -0.4 is 0 Å². The van der Waals surface area contributed by atoms with Gasteiger partial charge in [-0.15, -0.1) is 11.6 Å². The topological polar surface area (TPSA) is 30.0 Å². The van der Waals surface area contributed by atoms with Crippen molar-refractivity contribution in [2.24, 2.45) is 0 Å². The molecule has 0 amide bonds. The van der Waals surface area contributed by atoms with Crippen molar-refractivity contribution in [2.75, 3.05) is 0 Å². The Morgan fingerprint density at radius 2 is 2.07 bits per heavy atom. The number of carbonyl (C=O) groups is 1. The van der Waals surface area contributed by atoms with Gasteiger partial charge >= 0.3 is 0 Å². The van der Waals surface area contributed by atoms with Crippen molar-refractivity contribution in [1.82, 2.24) is 4.98 Å². The van der Waals surface area contributed by atoms with Crippen LogP contribution in [0, 0.1) is 0 Å². The van der Waals surface area contributed by atoms with Crippen molar-refractivity contribution >= 4 is 28.3 Å². The van der Waals surface area contributed by atoms with Gasteiger partial charge in [0.1, 0.15) is 0 Å². The van der Waals surface area contributed by atoms with E-state index in [9.17, 15) is 4.79 Å². The van der Waals surface area contributed by atoms with E-state index in [2.05, 4.69) is 4.98 Å². The number of carbonyl (C=O) groups excluding carboxylic acids is 1. The van der Waals surface area contributed by atoms with E-state index in [4.69, 9.17) is 11.6 Å². The summed E-state index contributed by atoms with van der Waals surface area (Å²) in [7, 11) is 0. The lowest BCUT2D eigenvalue weighted by Crippen LogP contribution is -1.93. The summed E-state index contributed by atoms with van der Waals surface area (Å²) in [6.07, 6.45) is 0. The number of alkyl halides is 1. The number of nitrogens with zero attached hydrogens (tertiary/aromatic N) is 1. The van der Waals surface area contributed by atoms with Crippen LogP contribution in [0.5, 0.6) is 0 Å². The van der Waals surface area contributed by atoms with E-state index >= 15 is 0 Å².